The van der Waals surface area contributed by atoms with Crippen molar-refractivity contribution in [3.8, 4) is 0 Å². The van der Waals surface area contributed by atoms with E-state index in [1.807, 2.05) is 0 Å². The molecule has 3 N–H and O–H groups in total. The van der Waals surface area contributed by atoms with Gasteiger partial charge in [-0.1, -0.05) is 18.2 Å². The molecule has 0 atom stereocenters. The molecule has 6 aromatic carbocycles. The first-order valence-corrected chi connectivity index (χ1v) is 24.2. The summed E-state index contributed by atoms with van der Waals surface area (Å²) in [5, 5.41) is 36.9. The normalized spacial score (nSPS) is 11.6. The maximum Gasteiger partial charge on any atom is 1.00 e. The third kappa shape index (κ3) is 16.5. The Morgan fingerprint density at radius 3 is 1.32 bits per heavy atom. The van der Waals surface area contributed by atoms with E-state index in [1.165, 1.54) is 60.7 Å². The summed E-state index contributed by atoms with van der Waals surface area (Å²) in [7, 11) is -20.0. The number of anilines is 6. The second-order valence-corrected chi connectivity index (χ2v) is 20.2. The maximum absolute atomic E-state index is 12.7. The minimum atomic E-state index is -5.28. The van der Waals surface area contributed by atoms with Gasteiger partial charge >= 0.3 is 158 Å². The molecule has 0 aliphatic carbocycles. The van der Waals surface area contributed by atoms with Crippen LogP contribution >= 0.6 is 37.0 Å². The number of thiol groups is 1. The molecule has 0 saturated heterocycles. The van der Waals surface area contributed by atoms with Crippen LogP contribution in [0.1, 0.15) is 0 Å². The monoisotopic (exact) mass is 1130 g/mol. The second-order valence-electron chi connectivity index (χ2n) is 12.6. The largest absolute Gasteiger partial charge is 1.00 e. The Morgan fingerprint density at radius 2 is 0.884 bits per heavy atom. The SMILES string of the molecule is O=S(=O)([O-])c1cc(SOO[O-])c2ccc(Nc3nc(Nc4ccc5c(S(=O)(=O)[O-])cc(S(=O)(=O)[O-])cc5c4)nc(Nc4ccc5c(S(=O)(=O)OS)cc(SOO[O-])cc5c4)n3)cc2c1.[Na+].[Na+].[Na+].[Na+].[Na+]. The van der Waals surface area contributed by atoms with Crippen LogP contribution < -0.4 is 174 Å². The fraction of sp³-hybridized carbons (Fsp3) is 0. The second kappa shape index (κ2) is 27.1. The van der Waals surface area contributed by atoms with Gasteiger partial charge in [0.2, 0.25) is 17.8 Å². The maximum atomic E-state index is 12.7. The van der Waals surface area contributed by atoms with Gasteiger partial charge in [-0.25, -0.2) is 25.3 Å². The molecular formula is C33H19N6Na5O18S7. The van der Waals surface area contributed by atoms with Gasteiger partial charge in [0.25, 0.3) is 0 Å². The van der Waals surface area contributed by atoms with Crippen LogP contribution in [-0.4, -0.2) is 62.3 Å². The van der Waals surface area contributed by atoms with E-state index in [0.717, 1.165) is 24.3 Å². The summed E-state index contributed by atoms with van der Waals surface area (Å²) in [6.07, 6.45) is 0. The van der Waals surface area contributed by atoms with E-state index in [-0.39, 0.29) is 224 Å². The molecule has 0 spiro atoms. The number of nitrogens with one attached hydrogen (secondary N) is 3. The minimum absolute atomic E-state index is 0. The van der Waals surface area contributed by atoms with E-state index in [0.29, 0.717) is 35.5 Å². The van der Waals surface area contributed by atoms with Crippen molar-refractivity contribution in [1.29, 1.82) is 0 Å². The molecule has 336 valence electrons. The molecular weight excluding hydrogens is 1110 g/mol. The van der Waals surface area contributed by atoms with Crippen LogP contribution in [0.25, 0.3) is 32.3 Å². The molecule has 69 heavy (non-hydrogen) atoms. The Bertz CT molecular complexity index is 3490. The van der Waals surface area contributed by atoms with Crippen LogP contribution in [0.5, 0.6) is 0 Å². The van der Waals surface area contributed by atoms with Crippen molar-refractivity contribution in [2.24, 2.45) is 0 Å². The van der Waals surface area contributed by atoms with Crippen molar-refractivity contribution >= 4 is 145 Å². The molecule has 24 nitrogen and oxygen atoms in total. The zero-order valence-corrected chi connectivity index (χ0v) is 51.5. The summed E-state index contributed by atoms with van der Waals surface area (Å²) < 4.78 is 146. The van der Waals surface area contributed by atoms with E-state index in [4.69, 9.17) is 0 Å². The van der Waals surface area contributed by atoms with Gasteiger partial charge in [0.15, 0.2) is 0 Å². The summed E-state index contributed by atoms with van der Waals surface area (Å²) in [6.45, 7) is 0. The standard InChI is InChI=1S/C33H24N6O18S7.5Na/c40-53-55-59-22-10-16-7-20(3-6-27(16)30(13-22)64(51,52)57-58)35-32-37-31(34-19-1-4-25-17(8-19)11-23(61(42,43)44)14-28(25)60-56-54-41)38-33(39-32)36-21-2-5-26-18(9-21)12-24(62(45,46)47)15-29(26)63(48,49)50;;;;;/h1-15,40-41,58H,(H,42,43,44)(H,45,46,47)(H,48,49,50)(H3,34,35,36,37,38,39);;;;;/q;5*+1/p-5. The Hall–Kier alpha value is -0.0400. The summed E-state index contributed by atoms with van der Waals surface area (Å²) in [4.78, 5) is 10.2. The Morgan fingerprint density at radius 1 is 0.478 bits per heavy atom. The fourth-order valence-electron chi connectivity index (χ4n) is 6.05. The average molecular weight is 1130 g/mol. The van der Waals surface area contributed by atoms with Crippen LogP contribution in [0.15, 0.2) is 120 Å². The molecule has 7 rings (SSSR count). The van der Waals surface area contributed by atoms with Gasteiger partial charge in [0.1, 0.15) is 35.2 Å². The number of hydrogen-bond donors (Lipinski definition) is 4. The van der Waals surface area contributed by atoms with E-state index in [1.54, 1.807) is 0 Å². The molecule has 0 radical (unpaired) electrons. The Kier molecular flexibility index (Phi) is 25.6. The minimum Gasteiger partial charge on any atom is -0.744 e. The molecule has 0 aliphatic heterocycles. The van der Waals surface area contributed by atoms with Gasteiger partial charge in [0.05, 0.1) is 38.8 Å². The van der Waals surface area contributed by atoms with Crippen LogP contribution in [0.4, 0.5) is 34.9 Å². The molecule has 0 amide bonds. The molecule has 0 unspecified atom stereocenters. The van der Waals surface area contributed by atoms with Crippen LogP contribution in [0.2, 0.25) is 0 Å². The van der Waals surface area contributed by atoms with Crippen LogP contribution in [-0.2, 0) is 62.8 Å². The fourth-order valence-corrected chi connectivity index (χ4v) is 10.1. The van der Waals surface area contributed by atoms with Gasteiger partial charge in [-0.05, 0) is 113 Å². The molecule has 0 aliphatic rings. The van der Waals surface area contributed by atoms with Crippen LogP contribution in [0.3, 0.4) is 0 Å². The summed E-state index contributed by atoms with van der Waals surface area (Å²) in [6, 6.07) is 18.2. The molecule has 1 heterocycles. The first-order valence-electron chi connectivity index (χ1n) is 16.7. The van der Waals surface area contributed by atoms with Gasteiger partial charge in [0, 0.05) is 32.2 Å². The van der Waals surface area contributed by atoms with Crippen LogP contribution in [0, 0.1) is 0 Å². The molecule has 1 aromatic heterocycles. The van der Waals surface area contributed by atoms with E-state index >= 15 is 0 Å². The smallest absolute Gasteiger partial charge is 0.744 e. The molecule has 36 heteroatoms. The van der Waals surface area contributed by atoms with Crippen molar-refractivity contribution in [2.45, 2.75) is 29.4 Å². The summed E-state index contributed by atoms with van der Waals surface area (Å²) >= 11 is 4.18. The third-order valence-electron chi connectivity index (χ3n) is 8.59. The first-order chi connectivity index (χ1) is 30.1. The third-order valence-corrected chi connectivity index (χ3v) is 13.9. The van der Waals surface area contributed by atoms with Crippen molar-refractivity contribution < 1.29 is 228 Å². The first kappa shape index (κ1) is 65.1. The van der Waals surface area contributed by atoms with Crippen molar-refractivity contribution in [3.05, 3.63) is 91.0 Å². The van der Waals surface area contributed by atoms with E-state index in [2.05, 4.69) is 66.2 Å². The molecule has 0 fully saturated rings. The predicted octanol–water partition coefficient (Wildman–Crippen LogP) is -11.7. The van der Waals surface area contributed by atoms with Crippen molar-refractivity contribution in [1.82, 2.24) is 15.0 Å². The molecule has 0 saturated carbocycles. The zero-order chi connectivity index (χ0) is 46.2. The number of nitrogens with zero attached hydrogens (tertiary/aromatic N) is 3. The zero-order valence-electron chi connectivity index (χ0n) is 35.7. The number of fused-ring (bicyclic) bond motifs is 3. The molecule has 7 aromatic rings. The van der Waals surface area contributed by atoms with Gasteiger partial charge in [-0.15, -0.1) is 0 Å². The number of rotatable bonds is 17. The van der Waals surface area contributed by atoms with Gasteiger partial charge in [-0.3, -0.25) is 10.1 Å². The van der Waals surface area contributed by atoms with E-state index in [9.17, 15) is 57.8 Å². The number of aromatic nitrogens is 3. The topological polar surface area (TPSA) is 373 Å². The number of hydrogen-bond acceptors (Lipinski definition) is 27. The summed E-state index contributed by atoms with van der Waals surface area (Å²) in [5.74, 6) is -0.696. The van der Waals surface area contributed by atoms with Crippen molar-refractivity contribution in [3.63, 3.8) is 0 Å². The quantitative estimate of drug-likeness (QED) is 0.0164. The summed E-state index contributed by atoms with van der Waals surface area (Å²) in [5.41, 5.74) is 0.483. The predicted molar refractivity (Wildman–Crippen MR) is 219 cm³/mol. The Balaban J connectivity index is 0.00000327. The van der Waals surface area contributed by atoms with Gasteiger partial charge < -0.3 is 40.1 Å². The molecule has 0 bridgehead atoms. The average Bonchev–Trinajstić information content (AvgIpc) is 3.22. The van der Waals surface area contributed by atoms with Gasteiger partial charge in [-0.2, -0.15) is 35.7 Å². The number of benzene rings is 6. The Labute approximate surface area is 516 Å². The van der Waals surface area contributed by atoms with Crippen molar-refractivity contribution in [2.75, 3.05) is 16.0 Å². The van der Waals surface area contributed by atoms with E-state index < -0.39 is 55.2 Å².